The van der Waals surface area contributed by atoms with Gasteiger partial charge < -0.3 is 24.4 Å². The monoisotopic (exact) mass is 493 g/mol. The number of hydrogen-bond donors (Lipinski definition) is 1. The molecule has 0 unspecified atom stereocenters. The summed E-state index contributed by atoms with van der Waals surface area (Å²) >= 11 is 0. The van der Waals surface area contributed by atoms with E-state index in [0.29, 0.717) is 11.2 Å². The van der Waals surface area contributed by atoms with E-state index in [1.807, 2.05) is 24.5 Å². The molecule has 1 aliphatic heterocycles. The van der Waals surface area contributed by atoms with Crippen molar-refractivity contribution < 1.29 is 13.5 Å². The number of fused-ring (bicyclic) bond motifs is 1. The van der Waals surface area contributed by atoms with Crippen LogP contribution in [0.1, 0.15) is 19.5 Å². The van der Waals surface area contributed by atoms with Gasteiger partial charge in [-0.1, -0.05) is 6.92 Å². The second-order valence-electron chi connectivity index (χ2n) is 8.73. The summed E-state index contributed by atoms with van der Waals surface area (Å²) in [6.07, 6.45) is 2.92. The molecule has 188 valence electrons. The molecule has 1 aliphatic rings. The van der Waals surface area contributed by atoms with Crippen LogP contribution in [-0.2, 0) is 6.54 Å². The average molecular weight is 494 g/mol. The zero-order valence-corrected chi connectivity index (χ0v) is 20.6. The Morgan fingerprint density at radius 2 is 1.75 bits per heavy atom. The lowest BCUT2D eigenvalue weighted by Gasteiger charge is -2.35. The van der Waals surface area contributed by atoms with Crippen LogP contribution < -0.4 is 15.0 Å². The number of piperazine rings is 1. The number of likely N-dealkylation sites (N-methyl/N-ethyl adjacent to an activating group) is 1. The fourth-order valence-corrected chi connectivity index (χ4v) is 4.62. The van der Waals surface area contributed by atoms with E-state index in [1.165, 1.54) is 6.07 Å². The number of hydrogen-bond acceptors (Lipinski definition) is 7. The number of rotatable bonds is 7. The van der Waals surface area contributed by atoms with Crippen molar-refractivity contribution in [3.63, 3.8) is 0 Å². The Morgan fingerprint density at radius 1 is 0.944 bits per heavy atom. The topological polar surface area (TPSA) is 71.3 Å². The molecule has 36 heavy (non-hydrogen) atoms. The Kier molecular flexibility index (Phi) is 6.69. The van der Waals surface area contributed by atoms with Crippen molar-refractivity contribution in [2.75, 3.05) is 42.9 Å². The molecule has 0 radical (unpaired) electrons. The second-order valence-corrected chi connectivity index (χ2v) is 8.73. The molecule has 4 heterocycles. The lowest BCUT2D eigenvalue weighted by molar-refractivity contribution is 0.271. The van der Waals surface area contributed by atoms with Gasteiger partial charge >= 0.3 is 0 Å². The highest BCUT2D eigenvalue weighted by Crippen LogP contribution is 2.33. The smallest absolute Gasteiger partial charge is 0.261 e. The lowest BCUT2D eigenvalue weighted by Crippen LogP contribution is -2.46. The molecule has 0 aliphatic carbocycles. The Hall–Kier alpha value is -3.79. The molecule has 10 heteroatoms. The Labute approximate surface area is 208 Å². The fourth-order valence-electron chi connectivity index (χ4n) is 4.62. The van der Waals surface area contributed by atoms with Gasteiger partial charge in [0.1, 0.15) is 12.1 Å². The van der Waals surface area contributed by atoms with E-state index in [9.17, 15) is 0 Å². The minimum atomic E-state index is -0.833. The third-order valence-corrected chi connectivity index (χ3v) is 6.65. The number of nitrogens with zero attached hydrogens (tertiary/aromatic N) is 6. The summed E-state index contributed by atoms with van der Waals surface area (Å²) in [5, 5.41) is 3.28. The molecule has 1 saturated heterocycles. The van der Waals surface area contributed by atoms with Crippen molar-refractivity contribution in [1.29, 1.82) is 0 Å². The number of halogens is 2. The molecule has 0 spiro atoms. The van der Waals surface area contributed by atoms with Crippen LogP contribution >= 0.6 is 0 Å². The molecule has 1 N–H and O–H groups in total. The molecule has 4 aromatic rings. The molecule has 8 nitrogen and oxygen atoms in total. The average Bonchev–Trinajstić information content (AvgIpc) is 3.24. The molecular weight excluding hydrogens is 464 g/mol. The molecule has 1 fully saturated rings. The normalized spacial score (nSPS) is 14.4. The number of aryl methyl sites for hydroxylation is 2. The summed E-state index contributed by atoms with van der Waals surface area (Å²) in [4.78, 5) is 16.9. The first kappa shape index (κ1) is 23.9. The highest BCUT2D eigenvalue weighted by molar-refractivity contribution is 5.83. The number of anilines is 3. The largest absolute Gasteiger partial charge is 0.433 e. The predicted molar refractivity (Wildman–Crippen MR) is 136 cm³/mol. The van der Waals surface area contributed by atoms with Crippen LogP contribution in [0.15, 0.2) is 42.9 Å². The number of nitrogens with one attached hydrogen (secondary N) is 1. The van der Waals surface area contributed by atoms with Crippen LogP contribution in [0.25, 0.3) is 10.9 Å². The summed E-state index contributed by atoms with van der Waals surface area (Å²) in [5.41, 5.74) is 2.71. The Balaban J connectivity index is 1.32. The van der Waals surface area contributed by atoms with Crippen molar-refractivity contribution in [2.24, 2.45) is 0 Å². The first-order chi connectivity index (χ1) is 17.5. The molecule has 0 bridgehead atoms. The molecule has 0 amide bonds. The van der Waals surface area contributed by atoms with Gasteiger partial charge in [-0.25, -0.2) is 14.4 Å². The van der Waals surface area contributed by atoms with Gasteiger partial charge in [-0.3, -0.25) is 0 Å². The number of benzene rings is 1. The van der Waals surface area contributed by atoms with E-state index in [0.717, 1.165) is 62.5 Å². The molecule has 0 saturated carbocycles. The SMILES string of the molecule is CCN1CCN(c2ccc(Nc3ncnc(Oc4ccc5c(cc(C)n5CC)c4F)c3F)nc2)CC1. The Morgan fingerprint density at radius 3 is 2.44 bits per heavy atom. The minimum absolute atomic E-state index is 0.105. The highest BCUT2D eigenvalue weighted by atomic mass is 19.1. The molecule has 1 aromatic carbocycles. The van der Waals surface area contributed by atoms with Gasteiger partial charge in [0.25, 0.3) is 5.88 Å². The predicted octanol–water partition coefficient (Wildman–Crippen LogP) is 5.11. The van der Waals surface area contributed by atoms with Crippen molar-refractivity contribution in [3.05, 3.63) is 60.2 Å². The van der Waals surface area contributed by atoms with Crippen LogP contribution in [0.4, 0.5) is 26.1 Å². The molecular formula is C26H29F2N7O. The van der Waals surface area contributed by atoms with E-state index in [4.69, 9.17) is 4.74 Å². The van der Waals surface area contributed by atoms with Crippen molar-refractivity contribution in [3.8, 4) is 11.6 Å². The van der Waals surface area contributed by atoms with E-state index in [2.05, 4.69) is 37.0 Å². The van der Waals surface area contributed by atoms with Gasteiger partial charge in [-0.2, -0.15) is 9.37 Å². The van der Waals surface area contributed by atoms with Gasteiger partial charge in [0.15, 0.2) is 17.4 Å². The third kappa shape index (κ3) is 4.56. The maximum Gasteiger partial charge on any atom is 0.261 e. The van der Waals surface area contributed by atoms with Crippen molar-refractivity contribution in [2.45, 2.75) is 27.3 Å². The first-order valence-corrected chi connectivity index (χ1v) is 12.2. The summed E-state index contributed by atoms with van der Waals surface area (Å²) < 4.78 is 37.9. The fraction of sp³-hybridized carbons (Fsp3) is 0.346. The summed E-state index contributed by atoms with van der Waals surface area (Å²) in [6.45, 7) is 11.8. The minimum Gasteiger partial charge on any atom is -0.433 e. The number of aromatic nitrogens is 4. The van der Waals surface area contributed by atoms with E-state index in [-0.39, 0.29) is 17.4 Å². The van der Waals surface area contributed by atoms with Gasteiger partial charge in [-0.15, -0.1) is 0 Å². The highest BCUT2D eigenvalue weighted by Gasteiger charge is 2.19. The standard InChI is InChI=1S/C26H29F2N7O/c1-4-33-10-12-34(13-11-33)18-6-9-22(29-15-18)32-25-24(28)26(31-16-30-25)36-21-8-7-20-19(23(21)27)14-17(3)35(20)5-2/h6-9,14-16H,4-5,10-13H2,1-3H3,(H,29,30,31,32). The molecule has 3 aromatic heterocycles. The zero-order chi connectivity index (χ0) is 25.2. The Bertz CT molecular complexity index is 1370. The lowest BCUT2D eigenvalue weighted by atomic mass is 10.2. The summed E-state index contributed by atoms with van der Waals surface area (Å²) in [7, 11) is 0. The summed E-state index contributed by atoms with van der Waals surface area (Å²) in [5.74, 6) is -1.55. The maximum absolute atomic E-state index is 15.2. The zero-order valence-electron chi connectivity index (χ0n) is 20.6. The van der Waals surface area contributed by atoms with Crippen LogP contribution in [-0.4, -0.2) is 57.1 Å². The van der Waals surface area contributed by atoms with Gasteiger partial charge in [-0.05, 0) is 50.7 Å². The summed E-state index contributed by atoms with van der Waals surface area (Å²) in [6, 6.07) is 8.72. The number of ether oxygens (including phenoxy) is 1. The van der Waals surface area contributed by atoms with E-state index < -0.39 is 11.6 Å². The first-order valence-electron chi connectivity index (χ1n) is 12.2. The third-order valence-electron chi connectivity index (χ3n) is 6.65. The molecule has 0 atom stereocenters. The van der Waals surface area contributed by atoms with Crippen LogP contribution in [0, 0.1) is 18.6 Å². The van der Waals surface area contributed by atoms with Gasteiger partial charge in [0.2, 0.25) is 5.82 Å². The molecule has 5 rings (SSSR count). The van der Waals surface area contributed by atoms with Gasteiger partial charge in [0, 0.05) is 43.8 Å². The maximum atomic E-state index is 15.2. The van der Waals surface area contributed by atoms with E-state index in [1.54, 1.807) is 24.4 Å². The van der Waals surface area contributed by atoms with Crippen LogP contribution in [0.3, 0.4) is 0 Å². The quantitative estimate of drug-likeness (QED) is 0.384. The van der Waals surface area contributed by atoms with Crippen molar-refractivity contribution in [1.82, 2.24) is 24.4 Å². The second kappa shape index (κ2) is 10.1. The van der Waals surface area contributed by atoms with E-state index >= 15 is 8.78 Å². The number of pyridine rings is 1. The van der Waals surface area contributed by atoms with Crippen molar-refractivity contribution >= 4 is 28.2 Å². The van der Waals surface area contributed by atoms with Crippen LogP contribution in [0.5, 0.6) is 11.6 Å². The van der Waals surface area contributed by atoms with Gasteiger partial charge in [0.05, 0.1) is 17.4 Å². The van der Waals surface area contributed by atoms with Crippen LogP contribution in [0.2, 0.25) is 0 Å².